The number of carbonyl (C=O) groups is 1. The highest BCUT2D eigenvalue weighted by molar-refractivity contribution is 5.81. The number of fused-ring (bicyclic) bond motifs is 1. The Kier molecular flexibility index (Phi) is 3.87. The first-order valence-corrected chi connectivity index (χ1v) is 7.49. The highest BCUT2D eigenvalue weighted by Crippen LogP contribution is 2.35. The number of hydrogen-bond acceptors (Lipinski definition) is 4. The van der Waals surface area contributed by atoms with E-state index in [2.05, 4.69) is 0 Å². The number of hydrogen-bond donors (Lipinski definition) is 1. The van der Waals surface area contributed by atoms with Crippen molar-refractivity contribution >= 4 is 5.91 Å². The number of amides is 1. The molecule has 0 aromatic heterocycles. The normalized spacial score (nSPS) is 22.1. The number of ether oxygens (including phenoxy) is 2. The van der Waals surface area contributed by atoms with Crippen molar-refractivity contribution in [2.45, 2.75) is 38.0 Å². The fraction of sp³-hybridized carbons (Fsp3) is 0.562. The van der Waals surface area contributed by atoms with Crippen LogP contribution in [0.25, 0.3) is 0 Å². The number of rotatable bonds is 1. The molecule has 0 saturated carbocycles. The van der Waals surface area contributed by atoms with Gasteiger partial charge in [-0.3, -0.25) is 4.79 Å². The van der Waals surface area contributed by atoms with E-state index < -0.39 is 6.04 Å². The third-order valence-corrected chi connectivity index (χ3v) is 4.24. The van der Waals surface area contributed by atoms with Gasteiger partial charge in [0.25, 0.3) is 0 Å². The number of benzene rings is 1. The SMILES string of the molecule is CC(N)C(=O)N1Cc2ccccc2OC2(CCOCC2)C1. The van der Waals surface area contributed by atoms with E-state index in [1.807, 2.05) is 29.2 Å². The Morgan fingerprint density at radius 3 is 2.76 bits per heavy atom. The monoisotopic (exact) mass is 290 g/mol. The lowest BCUT2D eigenvalue weighted by atomic mass is 9.93. The summed E-state index contributed by atoms with van der Waals surface area (Å²) in [6.07, 6.45) is 1.59. The Morgan fingerprint density at radius 2 is 2.05 bits per heavy atom. The third kappa shape index (κ3) is 2.89. The van der Waals surface area contributed by atoms with Crippen molar-refractivity contribution in [2.75, 3.05) is 19.8 Å². The molecule has 2 N–H and O–H groups in total. The van der Waals surface area contributed by atoms with Crippen LogP contribution in [-0.2, 0) is 16.1 Å². The topological polar surface area (TPSA) is 64.8 Å². The molecule has 2 aliphatic heterocycles. The summed E-state index contributed by atoms with van der Waals surface area (Å²) in [6.45, 7) is 4.20. The van der Waals surface area contributed by atoms with Gasteiger partial charge in [-0.2, -0.15) is 0 Å². The van der Waals surface area contributed by atoms with Gasteiger partial charge in [0.05, 0.1) is 25.8 Å². The van der Waals surface area contributed by atoms with Gasteiger partial charge in [0.15, 0.2) is 0 Å². The summed E-state index contributed by atoms with van der Waals surface area (Å²) in [7, 11) is 0. The van der Waals surface area contributed by atoms with Crippen molar-refractivity contribution < 1.29 is 14.3 Å². The van der Waals surface area contributed by atoms with Crippen molar-refractivity contribution in [1.82, 2.24) is 4.90 Å². The van der Waals surface area contributed by atoms with Crippen molar-refractivity contribution in [2.24, 2.45) is 5.73 Å². The van der Waals surface area contributed by atoms with Gasteiger partial charge in [0.1, 0.15) is 11.4 Å². The van der Waals surface area contributed by atoms with E-state index in [0.717, 1.165) is 24.2 Å². The number of carbonyl (C=O) groups excluding carboxylic acids is 1. The average molecular weight is 290 g/mol. The van der Waals surface area contributed by atoms with E-state index in [-0.39, 0.29) is 11.5 Å². The lowest BCUT2D eigenvalue weighted by Gasteiger charge is -2.39. The van der Waals surface area contributed by atoms with Crippen LogP contribution in [0, 0.1) is 0 Å². The second-order valence-corrected chi connectivity index (χ2v) is 5.99. The Hall–Kier alpha value is -1.59. The van der Waals surface area contributed by atoms with Crippen LogP contribution < -0.4 is 10.5 Å². The zero-order chi connectivity index (χ0) is 14.9. The summed E-state index contributed by atoms with van der Waals surface area (Å²) in [6, 6.07) is 7.43. The van der Waals surface area contributed by atoms with Gasteiger partial charge in [-0.15, -0.1) is 0 Å². The Labute approximate surface area is 125 Å². The molecule has 21 heavy (non-hydrogen) atoms. The largest absolute Gasteiger partial charge is 0.485 e. The smallest absolute Gasteiger partial charge is 0.239 e. The summed E-state index contributed by atoms with van der Waals surface area (Å²) >= 11 is 0. The van der Waals surface area contributed by atoms with E-state index in [9.17, 15) is 4.79 Å². The van der Waals surface area contributed by atoms with Gasteiger partial charge in [0, 0.05) is 24.9 Å². The summed E-state index contributed by atoms with van der Waals surface area (Å²) < 4.78 is 11.8. The molecular weight excluding hydrogens is 268 g/mol. The Balaban J connectivity index is 1.95. The molecule has 114 valence electrons. The average Bonchev–Trinajstić information content (AvgIpc) is 2.63. The standard InChI is InChI=1S/C16H22N2O3/c1-12(17)15(19)18-10-13-4-2-3-5-14(13)21-16(11-18)6-8-20-9-7-16/h2-5,12H,6-11,17H2,1H3. The zero-order valence-corrected chi connectivity index (χ0v) is 12.4. The van der Waals surface area contributed by atoms with Crippen molar-refractivity contribution in [1.29, 1.82) is 0 Å². The Bertz CT molecular complexity index is 524. The van der Waals surface area contributed by atoms with Crippen LogP contribution in [0.15, 0.2) is 24.3 Å². The predicted octanol–water partition coefficient (Wildman–Crippen LogP) is 1.30. The fourth-order valence-corrected chi connectivity index (χ4v) is 3.06. The lowest BCUT2D eigenvalue weighted by molar-refractivity contribution is -0.137. The maximum atomic E-state index is 12.4. The summed E-state index contributed by atoms with van der Waals surface area (Å²) in [5, 5.41) is 0. The molecule has 1 fully saturated rings. The second-order valence-electron chi connectivity index (χ2n) is 5.99. The molecule has 1 aromatic rings. The molecular formula is C16H22N2O3. The van der Waals surface area contributed by atoms with Gasteiger partial charge < -0.3 is 20.1 Å². The van der Waals surface area contributed by atoms with E-state index in [1.165, 1.54) is 0 Å². The number of nitrogens with zero attached hydrogens (tertiary/aromatic N) is 1. The van der Waals surface area contributed by atoms with Crippen LogP contribution in [0.1, 0.15) is 25.3 Å². The molecule has 1 atom stereocenters. The highest BCUT2D eigenvalue weighted by atomic mass is 16.5. The molecule has 5 nitrogen and oxygen atoms in total. The van der Waals surface area contributed by atoms with Crippen LogP contribution in [-0.4, -0.2) is 42.2 Å². The second kappa shape index (κ2) is 5.66. The molecule has 0 bridgehead atoms. The van der Waals surface area contributed by atoms with Crippen LogP contribution in [0.2, 0.25) is 0 Å². The van der Waals surface area contributed by atoms with Gasteiger partial charge in [-0.25, -0.2) is 0 Å². The molecule has 1 saturated heterocycles. The quantitative estimate of drug-likeness (QED) is 0.847. The molecule has 2 aliphatic rings. The minimum absolute atomic E-state index is 0.0267. The first-order chi connectivity index (χ1) is 10.1. The fourth-order valence-electron chi connectivity index (χ4n) is 3.06. The maximum absolute atomic E-state index is 12.4. The first-order valence-electron chi connectivity index (χ1n) is 7.49. The van der Waals surface area contributed by atoms with Gasteiger partial charge in [-0.05, 0) is 13.0 Å². The number of para-hydroxylation sites is 1. The van der Waals surface area contributed by atoms with Crippen molar-refractivity contribution in [3.05, 3.63) is 29.8 Å². The van der Waals surface area contributed by atoms with Crippen LogP contribution in [0.3, 0.4) is 0 Å². The summed E-state index contributed by atoms with van der Waals surface area (Å²) in [5.74, 6) is 0.848. The van der Waals surface area contributed by atoms with Gasteiger partial charge in [0.2, 0.25) is 5.91 Å². The third-order valence-electron chi connectivity index (χ3n) is 4.24. The van der Waals surface area contributed by atoms with Gasteiger partial charge in [-0.1, -0.05) is 18.2 Å². The van der Waals surface area contributed by atoms with Crippen molar-refractivity contribution in [3.63, 3.8) is 0 Å². The predicted molar refractivity (Wildman–Crippen MR) is 78.9 cm³/mol. The van der Waals surface area contributed by atoms with Crippen LogP contribution in [0.5, 0.6) is 5.75 Å². The maximum Gasteiger partial charge on any atom is 0.239 e. The minimum Gasteiger partial charge on any atom is -0.485 e. The van der Waals surface area contributed by atoms with Crippen molar-refractivity contribution in [3.8, 4) is 5.75 Å². The molecule has 0 radical (unpaired) electrons. The lowest BCUT2D eigenvalue weighted by Crippen LogP contribution is -2.53. The molecule has 0 aliphatic carbocycles. The number of nitrogens with two attached hydrogens (primary N) is 1. The minimum atomic E-state index is -0.493. The van der Waals surface area contributed by atoms with Crippen LogP contribution >= 0.6 is 0 Å². The van der Waals surface area contributed by atoms with E-state index >= 15 is 0 Å². The summed E-state index contributed by atoms with van der Waals surface area (Å²) in [4.78, 5) is 14.2. The van der Waals surface area contributed by atoms with E-state index in [0.29, 0.717) is 26.3 Å². The summed E-state index contributed by atoms with van der Waals surface area (Å²) in [5.41, 5.74) is 6.48. The molecule has 1 unspecified atom stereocenters. The molecule has 5 heteroatoms. The van der Waals surface area contributed by atoms with E-state index in [4.69, 9.17) is 15.2 Å². The van der Waals surface area contributed by atoms with E-state index in [1.54, 1.807) is 6.92 Å². The highest BCUT2D eigenvalue weighted by Gasteiger charge is 2.41. The molecule has 1 amide bonds. The first kappa shape index (κ1) is 14.4. The Morgan fingerprint density at radius 1 is 1.33 bits per heavy atom. The van der Waals surface area contributed by atoms with Crippen LogP contribution in [0.4, 0.5) is 0 Å². The molecule has 2 heterocycles. The molecule has 1 spiro atoms. The zero-order valence-electron chi connectivity index (χ0n) is 12.4. The van der Waals surface area contributed by atoms with Gasteiger partial charge >= 0.3 is 0 Å². The molecule has 1 aromatic carbocycles. The molecule has 3 rings (SSSR count).